The van der Waals surface area contributed by atoms with Gasteiger partial charge in [0.05, 0.1) is 0 Å². The molecule has 6 nitrogen and oxygen atoms in total. The van der Waals surface area contributed by atoms with Crippen LogP contribution in [0.25, 0.3) is 0 Å². The quantitative estimate of drug-likeness (QED) is 0.405. The second-order valence-electron chi connectivity index (χ2n) is 7.61. The molecule has 0 N–H and O–H groups in total. The number of carbonyl (C=O) groups is 3. The fourth-order valence-corrected chi connectivity index (χ4v) is 3.31. The molecule has 2 heterocycles. The minimum Gasteiger partial charge on any atom is -0.455 e. The Balaban J connectivity index is 1.99. The largest absolute Gasteiger partial charge is 0.455 e. The molecule has 1 aliphatic heterocycles. The van der Waals surface area contributed by atoms with Crippen molar-refractivity contribution in [2.75, 3.05) is 20.2 Å². The average Bonchev–Trinajstić information content (AvgIpc) is 3.25. The highest BCUT2D eigenvalue weighted by Gasteiger charge is 2.44. The molecular weight excluding hydrogens is 377 g/mol. The number of hydrogen-bond acceptors (Lipinski definition) is 5. The first-order valence-corrected chi connectivity index (χ1v) is 9.48. The summed E-state index contributed by atoms with van der Waals surface area (Å²) >= 11 is 0. The van der Waals surface area contributed by atoms with Crippen LogP contribution in [0.5, 0.6) is 0 Å². The molecule has 1 aliphatic rings. The third-order valence-electron chi connectivity index (χ3n) is 5.36. The third-order valence-corrected chi connectivity index (χ3v) is 5.36. The molecule has 0 radical (unpaired) electrons. The van der Waals surface area contributed by atoms with Crippen molar-refractivity contribution in [3.8, 4) is 0 Å². The molecule has 0 bridgehead atoms. The Morgan fingerprint density at radius 2 is 1.93 bits per heavy atom. The number of hydrogen-bond donors (Lipinski definition) is 0. The lowest BCUT2D eigenvalue weighted by atomic mass is 9.95. The van der Waals surface area contributed by atoms with E-state index in [0.717, 1.165) is 5.56 Å². The van der Waals surface area contributed by atoms with Gasteiger partial charge < -0.3 is 14.1 Å². The molecule has 154 valence electrons. The average molecular weight is 401 g/mol. The molecule has 7 heteroatoms. The number of ketones is 2. The second-order valence-corrected chi connectivity index (χ2v) is 7.61. The molecule has 0 aliphatic carbocycles. The number of Topliss-reactive ketones (excluding diaryl/α,β-unsaturated/α-hetero) is 2. The van der Waals surface area contributed by atoms with Crippen molar-refractivity contribution >= 4 is 17.5 Å². The van der Waals surface area contributed by atoms with Crippen molar-refractivity contribution in [3.63, 3.8) is 0 Å². The van der Waals surface area contributed by atoms with Crippen LogP contribution in [0.2, 0.25) is 0 Å². The summed E-state index contributed by atoms with van der Waals surface area (Å²) in [5, 5.41) is 0. The van der Waals surface area contributed by atoms with E-state index in [2.05, 4.69) is 0 Å². The zero-order valence-electron chi connectivity index (χ0n) is 17.0. The van der Waals surface area contributed by atoms with E-state index in [9.17, 15) is 18.8 Å². The van der Waals surface area contributed by atoms with Crippen molar-refractivity contribution in [1.29, 1.82) is 0 Å². The van der Waals surface area contributed by atoms with Gasteiger partial charge in [0.25, 0.3) is 5.91 Å². The lowest BCUT2D eigenvalue weighted by Crippen LogP contribution is -2.26. The summed E-state index contributed by atoms with van der Waals surface area (Å²) in [6.07, 6.45) is 0.316. The molecule has 1 saturated heterocycles. The van der Waals surface area contributed by atoms with Gasteiger partial charge in [-0.3, -0.25) is 14.4 Å². The zero-order valence-corrected chi connectivity index (χ0v) is 17.0. The van der Waals surface area contributed by atoms with Crippen LogP contribution in [0.1, 0.15) is 48.2 Å². The van der Waals surface area contributed by atoms with Gasteiger partial charge in [-0.25, -0.2) is 4.39 Å². The molecule has 3 rings (SSSR count). The van der Waals surface area contributed by atoms with Gasteiger partial charge in [0.1, 0.15) is 23.1 Å². The summed E-state index contributed by atoms with van der Waals surface area (Å²) in [5.41, 5.74) is 0.560. The molecule has 2 aromatic rings. The highest BCUT2D eigenvalue weighted by Crippen LogP contribution is 2.32. The van der Waals surface area contributed by atoms with E-state index in [1.807, 2.05) is 0 Å². The number of halogens is 1. The highest BCUT2D eigenvalue weighted by atomic mass is 19.1. The fourth-order valence-electron chi connectivity index (χ4n) is 3.31. The molecule has 1 amide bonds. The van der Waals surface area contributed by atoms with Crippen LogP contribution in [-0.2, 0) is 26.3 Å². The Morgan fingerprint density at radius 1 is 1.28 bits per heavy atom. The number of nitrogens with zero attached hydrogens (tertiary/aromatic N) is 1. The van der Waals surface area contributed by atoms with E-state index in [-0.39, 0.29) is 18.1 Å². The van der Waals surface area contributed by atoms with Crippen LogP contribution in [0.3, 0.4) is 0 Å². The van der Waals surface area contributed by atoms with Gasteiger partial charge in [-0.2, -0.15) is 0 Å². The van der Waals surface area contributed by atoms with E-state index < -0.39 is 29.0 Å². The SMILES string of the molecule is CCN1CC(C(=O)c2oc(C(C)(C)OC)cc2Cc2ccc(F)cc2)C(=O)C1=O. The van der Waals surface area contributed by atoms with Gasteiger partial charge in [-0.05, 0) is 44.5 Å². The number of methoxy groups -OCH3 is 1. The first-order valence-electron chi connectivity index (χ1n) is 9.48. The van der Waals surface area contributed by atoms with E-state index in [1.54, 1.807) is 39.0 Å². The first kappa shape index (κ1) is 20.9. The van der Waals surface area contributed by atoms with Crippen LogP contribution in [0.15, 0.2) is 34.7 Å². The van der Waals surface area contributed by atoms with Gasteiger partial charge in [0.15, 0.2) is 5.76 Å². The standard InChI is InChI=1S/C22H24FNO5/c1-5-24-12-16(19(26)21(24)27)18(25)20-14(10-13-6-8-15(23)9-7-13)11-17(29-20)22(2,3)28-4/h6-9,11,16H,5,10,12H2,1-4H3. The van der Waals surface area contributed by atoms with Crippen molar-refractivity contribution < 1.29 is 27.9 Å². The number of amides is 1. The number of likely N-dealkylation sites (tertiary alicyclic amines) is 1. The third kappa shape index (κ3) is 4.00. The molecule has 1 fully saturated rings. The molecule has 0 saturated carbocycles. The summed E-state index contributed by atoms with van der Waals surface area (Å²) in [5.74, 6) is -2.84. The Kier molecular flexibility index (Phi) is 5.71. The highest BCUT2D eigenvalue weighted by molar-refractivity contribution is 6.43. The number of furan rings is 1. The minimum absolute atomic E-state index is 0.0403. The number of carbonyl (C=O) groups excluding carboxylic acids is 3. The van der Waals surface area contributed by atoms with Gasteiger partial charge in [0, 0.05) is 32.2 Å². The summed E-state index contributed by atoms with van der Waals surface area (Å²) in [4.78, 5) is 38.9. The van der Waals surface area contributed by atoms with Crippen molar-refractivity contribution in [2.24, 2.45) is 5.92 Å². The van der Waals surface area contributed by atoms with Crippen molar-refractivity contribution in [3.05, 3.63) is 58.8 Å². The Labute approximate surface area is 168 Å². The number of benzene rings is 1. The van der Waals surface area contributed by atoms with E-state index >= 15 is 0 Å². The van der Waals surface area contributed by atoms with Gasteiger partial charge in [-0.15, -0.1) is 0 Å². The smallest absolute Gasteiger partial charge is 0.290 e. The maximum atomic E-state index is 13.2. The lowest BCUT2D eigenvalue weighted by Gasteiger charge is -2.19. The summed E-state index contributed by atoms with van der Waals surface area (Å²) < 4.78 is 24.5. The van der Waals surface area contributed by atoms with Gasteiger partial charge in [0.2, 0.25) is 11.6 Å². The lowest BCUT2D eigenvalue weighted by molar-refractivity contribution is -0.140. The molecule has 1 aromatic heterocycles. The molecule has 1 atom stereocenters. The summed E-state index contributed by atoms with van der Waals surface area (Å²) in [7, 11) is 1.53. The topological polar surface area (TPSA) is 76.8 Å². The minimum atomic E-state index is -1.08. The van der Waals surface area contributed by atoms with Crippen LogP contribution in [-0.4, -0.2) is 42.6 Å². The Morgan fingerprint density at radius 3 is 2.48 bits per heavy atom. The predicted molar refractivity (Wildman–Crippen MR) is 103 cm³/mol. The second kappa shape index (κ2) is 7.91. The first-order chi connectivity index (χ1) is 13.7. The Bertz CT molecular complexity index is 945. The summed E-state index contributed by atoms with van der Waals surface area (Å²) in [6, 6.07) is 7.66. The monoisotopic (exact) mass is 401 g/mol. The molecular formula is C22H24FNO5. The van der Waals surface area contributed by atoms with Gasteiger partial charge in [-0.1, -0.05) is 12.1 Å². The zero-order chi connectivity index (χ0) is 21.3. The molecule has 29 heavy (non-hydrogen) atoms. The maximum absolute atomic E-state index is 13.2. The fraction of sp³-hybridized carbons (Fsp3) is 0.409. The van der Waals surface area contributed by atoms with E-state index in [4.69, 9.17) is 9.15 Å². The van der Waals surface area contributed by atoms with Crippen molar-refractivity contribution in [2.45, 2.75) is 32.8 Å². The normalized spacial score (nSPS) is 17.3. The maximum Gasteiger partial charge on any atom is 0.290 e. The molecule has 0 spiro atoms. The van der Waals surface area contributed by atoms with Gasteiger partial charge >= 0.3 is 0 Å². The number of rotatable bonds is 7. The van der Waals surface area contributed by atoms with Crippen LogP contribution in [0.4, 0.5) is 4.39 Å². The molecule has 1 aromatic carbocycles. The Hall–Kier alpha value is -2.80. The number of likely N-dealkylation sites (N-methyl/N-ethyl adjacent to an activating group) is 1. The number of ether oxygens (including phenoxy) is 1. The van der Waals surface area contributed by atoms with Crippen LogP contribution >= 0.6 is 0 Å². The van der Waals surface area contributed by atoms with E-state index in [1.165, 1.54) is 24.1 Å². The molecule has 1 unspecified atom stereocenters. The van der Waals surface area contributed by atoms with Crippen LogP contribution in [0, 0.1) is 11.7 Å². The summed E-state index contributed by atoms with van der Waals surface area (Å²) in [6.45, 7) is 5.75. The van der Waals surface area contributed by atoms with Crippen molar-refractivity contribution in [1.82, 2.24) is 4.90 Å². The van der Waals surface area contributed by atoms with Crippen LogP contribution < -0.4 is 0 Å². The predicted octanol–water partition coefficient (Wildman–Crippen LogP) is 3.12. The van der Waals surface area contributed by atoms with E-state index in [0.29, 0.717) is 24.3 Å².